The highest BCUT2D eigenvalue weighted by molar-refractivity contribution is 5.62. The van der Waals surface area contributed by atoms with Gasteiger partial charge in [-0.15, -0.1) is 0 Å². The predicted molar refractivity (Wildman–Crippen MR) is 81.1 cm³/mol. The molecule has 1 aromatic rings. The van der Waals surface area contributed by atoms with E-state index >= 15 is 0 Å². The number of nitrogens with one attached hydrogen (secondary N) is 2. The molecule has 1 fully saturated rings. The van der Waals surface area contributed by atoms with Gasteiger partial charge in [0.2, 0.25) is 0 Å². The maximum atomic E-state index is 5.48. The van der Waals surface area contributed by atoms with E-state index in [-0.39, 0.29) is 0 Å². The highest BCUT2D eigenvalue weighted by Gasteiger charge is 2.13. The van der Waals surface area contributed by atoms with Gasteiger partial charge < -0.3 is 15.4 Å². The monoisotopic (exact) mass is 262 g/mol. The third-order valence-electron chi connectivity index (χ3n) is 4.16. The van der Waals surface area contributed by atoms with Crippen LogP contribution in [-0.2, 0) is 4.74 Å². The van der Waals surface area contributed by atoms with Gasteiger partial charge in [0.15, 0.2) is 0 Å². The molecule has 0 aliphatic carbocycles. The molecular formula is C16H26N2O. The van der Waals surface area contributed by atoms with Gasteiger partial charge in [-0.2, -0.15) is 0 Å². The molecule has 106 valence electrons. The van der Waals surface area contributed by atoms with Gasteiger partial charge in [-0.05, 0) is 56.4 Å². The number of rotatable bonds is 4. The van der Waals surface area contributed by atoms with Crippen molar-refractivity contribution in [3.05, 3.63) is 28.3 Å². The second kappa shape index (κ2) is 6.40. The second-order valence-corrected chi connectivity index (χ2v) is 5.58. The van der Waals surface area contributed by atoms with E-state index < -0.39 is 0 Å². The van der Waals surface area contributed by atoms with Crippen LogP contribution in [0.25, 0.3) is 0 Å². The van der Waals surface area contributed by atoms with Gasteiger partial charge in [0.25, 0.3) is 0 Å². The molecule has 1 heterocycles. The van der Waals surface area contributed by atoms with Crippen LogP contribution in [0.4, 0.5) is 5.69 Å². The summed E-state index contributed by atoms with van der Waals surface area (Å²) >= 11 is 0. The summed E-state index contributed by atoms with van der Waals surface area (Å²) in [6.07, 6.45) is 1.10. The van der Waals surface area contributed by atoms with Crippen LogP contribution in [0.2, 0.25) is 0 Å². The lowest BCUT2D eigenvalue weighted by Gasteiger charge is -2.24. The normalized spacial score (nSPS) is 19.5. The number of hydrogen-bond donors (Lipinski definition) is 2. The first-order valence-corrected chi connectivity index (χ1v) is 7.22. The first-order valence-electron chi connectivity index (χ1n) is 7.22. The summed E-state index contributed by atoms with van der Waals surface area (Å²) in [4.78, 5) is 0. The van der Waals surface area contributed by atoms with Gasteiger partial charge in [0.05, 0.1) is 13.2 Å². The third-order valence-corrected chi connectivity index (χ3v) is 4.16. The van der Waals surface area contributed by atoms with E-state index in [1.807, 2.05) is 0 Å². The Morgan fingerprint density at radius 3 is 2.47 bits per heavy atom. The Morgan fingerprint density at radius 1 is 1.21 bits per heavy atom. The first kappa shape index (κ1) is 14.4. The molecule has 2 rings (SSSR count). The molecule has 1 saturated heterocycles. The van der Waals surface area contributed by atoms with Crippen LogP contribution in [0.1, 0.15) is 28.7 Å². The molecular weight excluding hydrogens is 236 g/mol. The Kier molecular flexibility index (Phi) is 4.83. The molecule has 0 saturated carbocycles. The number of anilines is 1. The molecule has 0 bridgehead atoms. The van der Waals surface area contributed by atoms with Gasteiger partial charge in [0, 0.05) is 24.8 Å². The molecule has 19 heavy (non-hydrogen) atoms. The Hall–Kier alpha value is -1.06. The van der Waals surface area contributed by atoms with Crippen molar-refractivity contribution in [1.29, 1.82) is 0 Å². The molecule has 3 nitrogen and oxygen atoms in total. The summed E-state index contributed by atoms with van der Waals surface area (Å²) in [6.45, 7) is 12.4. The predicted octanol–water partition coefficient (Wildman–Crippen LogP) is 2.71. The lowest BCUT2D eigenvalue weighted by atomic mass is 9.98. The molecule has 2 N–H and O–H groups in total. The van der Waals surface area contributed by atoms with Gasteiger partial charge >= 0.3 is 0 Å². The number of aryl methyl sites for hydroxylation is 2. The Labute approximate surface area is 116 Å². The smallest absolute Gasteiger partial charge is 0.0620 e. The van der Waals surface area contributed by atoms with Gasteiger partial charge in [-0.1, -0.05) is 6.07 Å². The van der Waals surface area contributed by atoms with Gasteiger partial charge in [-0.3, -0.25) is 0 Å². The van der Waals surface area contributed by atoms with Crippen molar-refractivity contribution >= 4 is 5.69 Å². The summed E-state index contributed by atoms with van der Waals surface area (Å²) in [7, 11) is 0. The van der Waals surface area contributed by atoms with Crippen LogP contribution in [-0.4, -0.2) is 32.3 Å². The highest BCUT2D eigenvalue weighted by atomic mass is 16.5. The van der Waals surface area contributed by atoms with Crippen molar-refractivity contribution in [2.24, 2.45) is 0 Å². The van der Waals surface area contributed by atoms with Gasteiger partial charge in [0.1, 0.15) is 0 Å². The number of benzene rings is 1. The number of hydrogen-bond acceptors (Lipinski definition) is 3. The van der Waals surface area contributed by atoms with E-state index in [0.717, 1.165) is 32.7 Å². The topological polar surface area (TPSA) is 33.3 Å². The zero-order valence-corrected chi connectivity index (χ0v) is 12.6. The summed E-state index contributed by atoms with van der Waals surface area (Å²) in [5, 5.41) is 7.11. The van der Waals surface area contributed by atoms with E-state index in [0.29, 0.717) is 6.04 Å². The quantitative estimate of drug-likeness (QED) is 0.875. The molecule has 1 aliphatic rings. The van der Waals surface area contributed by atoms with E-state index in [9.17, 15) is 0 Å². The molecule has 1 aliphatic heterocycles. The lowest BCUT2D eigenvalue weighted by molar-refractivity contribution is 0.0753. The van der Waals surface area contributed by atoms with Crippen molar-refractivity contribution in [3.8, 4) is 0 Å². The SMILES string of the molecule is Cc1cc(C)c(C)c(NCCC2COCCN2)c1C. The van der Waals surface area contributed by atoms with Crippen LogP contribution in [0.15, 0.2) is 6.07 Å². The van der Waals surface area contributed by atoms with Crippen LogP contribution in [0.3, 0.4) is 0 Å². The fourth-order valence-corrected chi connectivity index (χ4v) is 2.66. The van der Waals surface area contributed by atoms with E-state index in [4.69, 9.17) is 4.74 Å². The highest BCUT2D eigenvalue weighted by Crippen LogP contribution is 2.26. The van der Waals surface area contributed by atoms with E-state index in [1.54, 1.807) is 0 Å². The Morgan fingerprint density at radius 2 is 1.89 bits per heavy atom. The van der Waals surface area contributed by atoms with Crippen molar-refractivity contribution in [2.75, 3.05) is 31.6 Å². The van der Waals surface area contributed by atoms with Crippen LogP contribution < -0.4 is 10.6 Å². The maximum absolute atomic E-state index is 5.48. The second-order valence-electron chi connectivity index (χ2n) is 5.58. The van der Waals surface area contributed by atoms with Crippen molar-refractivity contribution in [3.63, 3.8) is 0 Å². The van der Waals surface area contributed by atoms with Crippen molar-refractivity contribution in [1.82, 2.24) is 5.32 Å². The maximum Gasteiger partial charge on any atom is 0.0620 e. The summed E-state index contributed by atoms with van der Waals surface area (Å²) < 4.78 is 5.48. The van der Waals surface area contributed by atoms with E-state index in [1.165, 1.54) is 27.9 Å². The molecule has 0 aromatic heterocycles. The zero-order chi connectivity index (χ0) is 13.8. The minimum atomic E-state index is 0.493. The fraction of sp³-hybridized carbons (Fsp3) is 0.625. The van der Waals surface area contributed by atoms with Crippen LogP contribution in [0, 0.1) is 27.7 Å². The molecule has 0 amide bonds. The summed E-state index contributed by atoms with van der Waals surface area (Å²) in [6, 6.07) is 2.76. The average Bonchev–Trinajstić information content (AvgIpc) is 2.42. The Balaban J connectivity index is 1.95. The van der Waals surface area contributed by atoms with E-state index in [2.05, 4.69) is 44.4 Å². The standard InChI is InChI=1S/C16H26N2O/c1-11-9-12(2)14(4)16(13(11)3)18-6-5-15-10-19-8-7-17-15/h9,15,17-18H,5-8,10H2,1-4H3. The zero-order valence-electron chi connectivity index (χ0n) is 12.6. The first-order chi connectivity index (χ1) is 9.09. The fourth-order valence-electron chi connectivity index (χ4n) is 2.66. The van der Waals surface area contributed by atoms with Gasteiger partial charge in [-0.25, -0.2) is 0 Å². The van der Waals surface area contributed by atoms with Crippen molar-refractivity contribution in [2.45, 2.75) is 40.2 Å². The molecule has 0 radical (unpaired) electrons. The largest absolute Gasteiger partial charge is 0.385 e. The third kappa shape index (κ3) is 3.48. The molecule has 1 atom stereocenters. The molecule has 1 aromatic carbocycles. The summed E-state index contributed by atoms with van der Waals surface area (Å²) in [5.74, 6) is 0. The molecule has 0 spiro atoms. The van der Waals surface area contributed by atoms with Crippen LogP contribution in [0.5, 0.6) is 0 Å². The minimum absolute atomic E-state index is 0.493. The minimum Gasteiger partial charge on any atom is -0.385 e. The van der Waals surface area contributed by atoms with Crippen LogP contribution >= 0.6 is 0 Å². The van der Waals surface area contributed by atoms with Crippen molar-refractivity contribution < 1.29 is 4.74 Å². The Bertz CT molecular complexity index is 411. The molecule has 3 heteroatoms. The number of ether oxygens (including phenoxy) is 1. The summed E-state index contributed by atoms with van der Waals surface area (Å²) in [5.41, 5.74) is 6.79. The molecule has 1 unspecified atom stereocenters. The lowest BCUT2D eigenvalue weighted by Crippen LogP contribution is -2.42. The number of morpholine rings is 1. The average molecular weight is 262 g/mol.